The van der Waals surface area contributed by atoms with E-state index in [1.165, 1.54) is 111 Å². The molecule has 0 saturated heterocycles. The Hall–Kier alpha value is -4.68. The molecule has 0 radical (unpaired) electrons. The van der Waals surface area contributed by atoms with Gasteiger partial charge in [-0.2, -0.15) is 0 Å². The van der Waals surface area contributed by atoms with Crippen LogP contribution in [0, 0.1) is 0 Å². The molecule has 312 valence electrons. The van der Waals surface area contributed by atoms with Gasteiger partial charge < -0.3 is 0 Å². The highest BCUT2D eigenvalue weighted by atomic mass is 14.4. The highest BCUT2D eigenvalue weighted by molar-refractivity contribution is 6.23. The Morgan fingerprint density at radius 3 is 0.600 bits per heavy atom. The molecule has 1 aliphatic rings. The van der Waals surface area contributed by atoms with E-state index in [0.717, 1.165) is 0 Å². The van der Waals surface area contributed by atoms with Gasteiger partial charge >= 0.3 is 0 Å². The molecule has 0 N–H and O–H groups in total. The summed E-state index contributed by atoms with van der Waals surface area (Å²) in [6.45, 7) is 37.8. The minimum absolute atomic E-state index is 0.332. The molecule has 0 amide bonds. The fourth-order valence-electron chi connectivity index (χ4n) is 9.81. The third-order valence-corrected chi connectivity index (χ3v) is 13.5. The molecule has 0 fully saturated rings. The fourth-order valence-corrected chi connectivity index (χ4v) is 9.81. The lowest BCUT2D eigenvalue weighted by Crippen LogP contribution is -2.12. The minimum atomic E-state index is 0.332. The summed E-state index contributed by atoms with van der Waals surface area (Å²) >= 11 is 0. The van der Waals surface area contributed by atoms with Gasteiger partial charge in [0.15, 0.2) is 0 Å². The Kier molecular flexibility index (Phi) is 12.3. The van der Waals surface area contributed by atoms with Crippen LogP contribution in [-0.2, 0) is 0 Å². The molecule has 6 aromatic rings. The van der Waals surface area contributed by atoms with Crippen LogP contribution in [0.25, 0.3) is 66.8 Å². The van der Waals surface area contributed by atoms with E-state index in [1.807, 2.05) is 0 Å². The number of hydrogen-bond donors (Lipinski definition) is 0. The Balaban J connectivity index is 1.84. The van der Waals surface area contributed by atoms with Crippen molar-refractivity contribution in [2.24, 2.45) is 0 Å². The predicted octanol–water partition coefficient (Wildman–Crippen LogP) is 19.0. The van der Waals surface area contributed by atoms with Crippen LogP contribution in [0.2, 0.25) is 0 Å². The van der Waals surface area contributed by atoms with Crippen molar-refractivity contribution in [2.75, 3.05) is 0 Å². The average Bonchev–Trinajstić information content (AvgIpc) is 3.20. The first kappa shape index (κ1) is 43.4. The second-order valence-corrected chi connectivity index (χ2v) is 20.4. The maximum atomic E-state index is 2.54. The molecule has 0 unspecified atom stereocenters. The van der Waals surface area contributed by atoms with E-state index < -0.39 is 0 Å². The second-order valence-electron chi connectivity index (χ2n) is 20.4. The van der Waals surface area contributed by atoms with Crippen molar-refractivity contribution in [2.45, 2.75) is 158 Å². The first-order chi connectivity index (χ1) is 28.4. The number of fused-ring (bicyclic) bond motifs is 4. The quantitative estimate of drug-likeness (QED) is 0.116. The third kappa shape index (κ3) is 7.63. The summed E-state index contributed by atoms with van der Waals surface area (Å²) in [7, 11) is 0. The first-order valence-electron chi connectivity index (χ1n) is 23.3. The molecule has 0 aromatic heterocycles. The van der Waals surface area contributed by atoms with Crippen molar-refractivity contribution in [1.82, 2.24) is 0 Å². The van der Waals surface area contributed by atoms with Crippen molar-refractivity contribution >= 4 is 0 Å². The van der Waals surface area contributed by atoms with Gasteiger partial charge in [0.05, 0.1) is 0 Å². The van der Waals surface area contributed by atoms with E-state index in [4.69, 9.17) is 0 Å². The van der Waals surface area contributed by atoms with E-state index in [9.17, 15) is 0 Å². The van der Waals surface area contributed by atoms with Crippen molar-refractivity contribution in [3.05, 3.63) is 142 Å². The lowest BCUT2D eigenvalue weighted by molar-refractivity contribution is 0.833. The molecular formula is C60H72. The van der Waals surface area contributed by atoms with Crippen molar-refractivity contribution in [1.29, 1.82) is 0 Å². The molecule has 0 atom stereocenters. The largest absolute Gasteiger partial charge is 0.0616 e. The predicted molar refractivity (Wildman–Crippen MR) is 265 cm³/mol. The summed E-state index contributed by atoms with van der Waals surface area (Å²) in [6, 6.07) is 39.1. The monoisotopic (exact) mass is 793 g/mol. The summed E-state index contributed by atoms with van der Waals surface area (Å²) in [6.07, 6.45) is 0. The molecule has 60 heavy (non-hydrogen) atoms. The van der Waals surface area contributed by atoms with E-state index in [2.05, 4.69) is 208 Å². The van der Waals surface area contributed by atoms with Crippen LogP contribution in [0.1, 0.15) is 203 Å². The van der Waals surface area contributed by atoms with Crippen LogP contribution in [0.3, 0.4) is 0 Å². The van der Waals surface area contributed by atoms with Crippen LogP contribution < -0.4 is 0 Å². The fraction of sp³-hybridized carbons (Fsp3) is 0.400. The molecule has 1 aliphatic carbocycles. The zero-order chi connectivity index (χ0) is 43.5. The standard InChI is InChI=1S/C60H72/c1-33(2)41-21-25-47(51(29-41)37(9)10)57-55-45-19-17-18-20-46(45)56(55)58(48-26-22-42(34(3)4)30-52(48)38(11)12)60(50-28-24-44(36(7)8)32-54(50)40(15)16)59(57)49-27-23-43(35(5)6)31-53(49)39(13)14/h17-40H,1-16H3. The maximum absolute atomic E-state index is 2.54. The van der Waals surface area contributed by atoms with Gasteiger partial charge in [-0.3, -0.25) is 0 Å². The summed E-state index contributed by atoms with van der Waals surface area (Å²) in [5.41, 5.74) is 27.9. The third-order valence-electron chi connectivity index (χ3n) is 13.5. The molecule has 0 saturated carbocycles. The first-order valence-corrected chi connectivity index (χ1v) is 23.3. The van der Waals surface area contributed by atoms with Crippen LogP contribution in [0.15, 0.2) is 97.1 Å². The van der Waals surface area contributed by atoms with Crippen LogP contribution in [0.5, 0.6) is 0 Å². The lowest BCUT2D eigenvalue weighted by atomic mass is 9.65. The Labute approximate surface area is 364 Å². The van der Waals surface area contributed by atoms with Crippen molar-refractivity contribution < 1.29 is 0 Å². The molecule has 0 bridgehead atoms. The molecule has 0 aliphatic heterocycles. The van der Waals surface area contributed by atoms with E-state index in [1.54, 1.807) is 0 Å². The van der Waals surface area contributed by atoms with Gasteiger partial charge in [-0.1, -0.05) is 208 Å². The van der Waals surface area contributed by atoms with Crippen LogP contribution in [0.4, 0.5) is 0 Å². The van der Waals surface area contributed by atoms with Gasteiger partial charge in [0.2, 0.25) is 0 Å². The highest BCUT2D eigenvalue weighted by Gasteiger charge is 2.38. The molecule has 0 heteroatoms. The summed E-state index contributed by atoms with van der Waals surface area (Å²) in [5, 5.41) is 0. The molecule has 7 rings (SSSR count). The van der Waals surface area contributed by atoms with Crippen molar-refractivity contribution in [3.63, 3.8) is 0 Å². The Bertz CT molecular complexity index is 2370. The Morgan fingerprint density at radius 1 is 0.217 bits per heavy atom. The molecule has 6 aromatic carbocycles. The second kappa shape index (κ2) is 17.0. The van der Waals surface area contributed by atoms with Gasteiger partial charge in [0, 0.05) is 0 Å². The van der Waals surface area contributed by atoms with E-state index >= 15 is 0 Å². The zero-order valence-electron chi connectivity index (χ0n) is 39.9. The molecule has 0 heterocycles. The SMILES string of the molecule is CC(C)c1ccc(-c2c3c(c(-c4ccc(C(C)C)cc4C(C)C)c(-c4ccc(C(C)C)cc4C(C)C)c2-c2ccc(C(C)C)cc2C(C)C)-c2ccccc2-3)c(C(C)C)c1. The zero-order valence-corrected chi connectivity index (χ0v) is 39.9. The highest BCUT2D eigenvalue weighted by Crippen LogP contribution is 2.64. The summed E-state index contributed by atoms with van der Waals surface area (Å²) in [5.74, 6) is 3.14. The minimum Gasteiger partial charge on any atom is -0.0616 e. The molecule has 0 spiro atoms. The molecular weight excluding hydrogens is 721 g/mol. The van der Waals surface area contributed by atoms with Gasteiger partial charge in [-0.25, -0.2) is 0 Å². The topological polar surface area (TPSA) is 0 Å². The van der Waals surface area contributed by atoms with Crippen LogP contribution >= 0.6 is 0 Å². The van der Waals surface area contributed by atoms with Gasteiger partial charge in [0.1, 0.15) is 0 Å². The van der Waals surface area contributed by atoms with Gasteiger partial charge in [0.25, 0.3) is 0 Å². The molecule has 0 nitrogen and oxygen atoms in total. The van der Waals surface area contributed by atoms with E-state index in [0.29, 0.717) is 47.3 Å². The van der Waals surface area contributed by atoms with Gasteiger partial charge in [-0.15, -0.1) is 0 Å². The smallest absolute Gasteiger partial charge is 0.000730 e. The van der Waals surface area contributed by atoms with Crippen molar-refractivity contribution in [3.8, 4) is 66.8 Å². The Morgan fingerprint density at radius 2 is 0.417 bits per heavy atom. The van der Waals surface area contributed by atoms with Crippen LogP contribution in [-0.4, -0.2) is 0 Å². The maximum Gasteiger partial charge on any atom is -0.000730 e. The van der Waals surface area contributed by atoms with Gasteiger partial charge in [-0.05, 0) is 159 Å². The lowest BCUT2D eigenvalue weighted by Gasteiger charge is -2.37. The summed E-state index contributed by atoms with van der Waals surface area (Å²) in [4.78, 5) is 0. The normalized spacial score (nSPS) is 12.5. The number of hydrogen-bond acceptors (Lipinski definition) is 0. The summed E-state index contributed by atoms with van der Waals surface area (Å²) < 4.78 is 0. The number of rotatable bonds is 12. The number of benzene rings is 6. The van der Waals surface area contributed by atoms with E-state index in [-0.39, 0.29) is 0 Å². The average molecular weight is 793 g/mol.